The van der Waals surface area contributed by atoms with E-state index >= 15 is 0 Å². The first-order valence-electron chi connectivity index (χ1n) is 7.40. The SMILES string of the molecule is CCOC(=O)c1nnc2c(C#N)c(C)c(-c3ccccc3)n2c1N. The van der Waals surface area contributed by atoms with Crippen molar-refractivity contribution in [1.29, 1.82) is 5.26 Å². The number of nitrogens with zero attached hydrogens (tertiary/aromatic N) is 4. The summed E-state index contributed by atoms with van der Waals surface area (Å²) in [4.78, 5) is 12.0. The molecule has 2 N–H and O–H groups in total. The van der Waals surface area contributed by atoms with E-state index in [-0.39, 0.29) is 18.1 Å². The van der Waals surface area contributed by atoms with Gasteiger partial charge in [0.05, 0.1) is 12.3 Å². The van der Waals surface area contributed by atoms with E-state index in [2.05, 4.69) is 16.3 Å². The van der Waals surface area contributed by atoms with E-state index in [1.807, 2.05) is 37.3 Å². The van der Waals surface area contributed by atoms with E-state index in [0.29, 0.717) is 16.9 Å². The molecule has 0 fully saturated rings. The van der Waals surface area contributed by atoms with Gasteiger partial charge in [-0.2, -0.15) is 5.26 Å². The highest BCUT2D eigenvalue weighted by molar-refractivity contribution is 5.93. The summed E-state index contributed by atoms with van der Waals surface area (Å²) >= 11 is 0. The van der Waals surface area contributed by atoms with Gasteiger partial charge in [0.25, 0.3) is 0 Å². The number of hydrogen-bond acceptors (Lipinski definition) is 6. The van der Waals surface area contributed by atoms with Gasteiger partial charge >= 0.3 is 5.97 Å². The van der Waals surface area contributed by atoms with E-state index in [1.54, 1.807) is 11.3 Å². The number of esters is 1. The van der Waals surface area contributed by atoms with Crippen molar-refractivity contribution in [3.63, 3.8) is 0 Å². The van der Waals surface area contributed by atoms with Crippen LogP contribution in [0, 0.1) is 18.3 Å². The third-order valence-electron chi connectivity index (χ3n) is 3.75. The van der Waals surface area contributed by atoms with Crippen molar-refractivity contribution in [2.45, 2.75) is 13.8 Å². The van der Waals surface area contributed by atoms with Gasteiger partial charge in [0.1, 0.15) is 17.5 Å². The van der Waals surface area contributed by atoms with Crippen molar-refractivity contribution in [3.05, 3.63) is 47.2 Å². The quantitative estimate of drug-likeness (QED) is 0.742. The summed E-state index contributed by atoms with van der Waals surface area (Å²) in [5.74, 6) is -0.546. The number of nitrogens with two attached hydrogens (primary N) is 1. The summed E-state index contributed by atoms with van der Waals surface area (Å²) in [5.41, 5.74) is 9.10. The zero-order valence-electron chi connectivity index (χ0n) is 13.3. The van der Waals surface area contributed by atoms with E-state index in [1.165, 1.54) is 0 Å². The van der Waals surface area contributed by atoms with Gasteiger partial charge in [0.2, 0.25) is 5.69 Å². The second-order valence-electron chi connectivity index (χ2n) is 5.14. The molecule has 0 amide bonds. The summed E-state index contributed by atoms with van der Waals surface area (Å²) in [5, 5.41) is 17.4. The Bertz CT molecular complexity index is 970. The average Bonchev–Trinajstić information content (AvgIpc) is 2.88. The molecule has 0 atom stereocenters. The molecule has 0 unspecified atom stereocenters. The molecule has 0 radical (unpaired) electrons. The molecule has 0 saturated heterocycles. The van der Waals surface area contributed by atoms with Crippen LogP contribution in [-0.4, -0.2) is 27.2 Å². The molecule has 0 saturated carbocycles. The van der Waals surface area contributed by atoms with Gasteiger partial charge in [0, 0.05) is 0 Å². The lowest BCUT2D eigenvalue weighted by atomic mass is 10.1. The Balaban J connectivity index is 2.39. The molecular formula is C17H15N5O2. The Morgan fingerprint density at radius 3 is 2.67 bits per heavy atom. The highest BCUT2D eigenvalue weighted by Gasteiger charge is 2.24. The largest absolute Gasteiger partial charge is 0.461 e. The van der Waals surface area contributed by atoms with Crippen molar-refractivity contribution in [3.8, 4) is 17.3 Å². The minimum absolute atomic E-state index is 0.0685. The van der Waals surface area contributed by atoms with E-state index in [4.69, 9.17) is 10.5 Å². The number of fused-ring (bicyclic) bond motifs is 1. The van der Waals surface area contributed by atoms with Crippen molar-refractivity contribution in [1.82, 2.24) is 14.6 Å². The van der Waals surface area contributed by atoms with Crippen LogP contribution >= 0.6 is 0 Å². The van der Waals surface area contributed by atoms with Crippen LogP contribution in [0.1, 0.15) is 28.5 Å². The van der Waals surface area contributed by atoms with Crippen LogP contribution in [-0.2, 0) is 4.74 Å². The maximum atomic E-state index is 12.0. The van der Waals surface area contributed by atoms with Crippen LogP contribution in [0.25, 0.3) is 16.9 Å². The normalized spacial score (nSPS) is 10.5. The predicted molar refractivity (Wildman–Crippen MR) is 88.2 cm³/mol. The van der Waals surface area contributed by atoms with Gasteiger partial charge in [-0.15, -0.1) is 10.2 Å². The lowest BCUT2D eigenvalue weighted by Gasteiger charge is -2.09. The fourth-order valence-electron chi connectivity index (χ4n) is 2.68. The summed E-state index contributed by atoms with van der Waals surface area (Å²) in [7, 11) is 0. The number of nitriles is 1. The van der Waals surface area contributed by atoms with Crippen LogP contribution in [0.4, 0.5) is 5.82 Å². The van der Waals surface area contributed by atoms with Crippen LogP contribution in [0.2, 0.25) is 0 Å². The Labute approximate surface area is 138 Å². The molecule has 0 aliphatic carbocycles. The molecule has 0 spiro atoms. The molecule has 120 valence electrons. The lowest BCUT2D eigenvalue weighted by molar-refractivity contribution is 0.0519. The van der Waals surface area contributed by atoms with Crippen LogP contribution in [0.3, 0.4) is 0 Å². The van der Waals surface area contributed by atoms with Crippen molar-refractivity contribution in [2.75, 3.05) is 12.3 Å². The van der Waals surface area contributed by atoms with Crippen molar-refractivity contribution >= 4 is 17.4 Å². The van der Waals surface area contributed by atoms with Crippen LogP contribution in [0.15, 0.2) is 30.3 Å². The minimum atomic E-state index is -0.645. The second-order valence-corrected chi connectivity index (χ2v) is 5.14. The zero-order chi connectivity index (χ0) is 17.3. The van der Waals surface area contributed by atoms with Crippen LogP contribution < -0.4 is 5.73 Å². The fraction of sp³-hybridized carbons (Fsp3) is 0.176. The topological polar surface area (TPSA) is 106 Å². The number of carbonyl (C=O) groups excluding carboxylic acids is 1. The number of rotatable bonds is 3. The molecule has 1 aromatic carbocycles. The van der Waals surface area contributed by atoms with Gasteiger partial charge < -0.3 is 10.5 Å². The molecule has 3 aromatic rings. The van der Waals surface area contributed by atoms with Gasteiger partial charge in [-0.3, -0.25) is 4.40 Å². The Hall–Kier alpha value is -3.40. The zero-order valence-corrected chi connectivity index (χ0v) is 13.3. The van der Waals surface area contributed by atoms with Gasteiger partial charge in [0.15, 0.2) is 5.65 Å². The summed E-state index contributed by atoms with van der Waals surface area (Å²) in [6.07, 6.45) is 0. The first kappa shape index (κ1) is 15.5. The second kappa shape index (κ2) is 6.01. The molecular weight excluding hydrogens is 306 g/mol. The molecule has 0 bridgehead atoms. The molecule has 0 aliphatic rings. The van der Waals surface area contributed by atoms with E-state index < -0.39 is 5.97 Å². The van der Waals surface area contributed by atoms with Gasteiger partial charge in [-0.1, -0.05) is 30.3 Å². The van der Waals surface area contributed by atoms with Crippen molar-refractivity contribution in [2.24, 2.45) is 0 Å². The minimum Gasteiger partial charge on any atom is -0.461 e. The number of aromatic nitrogens is 3. The van der Waals surface area contributed by atoms with E-state index in [0.717, 1.165) is 11.1 Å². The fourth-order valence-corrected chi connectivity index (χ4v) is 2.68. The molecule has 2 heterocycles. The maximum Gasteiger partial charge on any atom is 0.362 e. The van der Waals surface area contributed by atoms with Crippen molar-refractivity contribution < 1.29 is 9.53 Å². The average molecular weight is 321 g/mol. The first-order chi connectivity index (χ1) is 11.6. The summed E-state index contributed by atoms with van der Waals surface area (Å²) < 4.78 is 6.55. The number of hydrogen-bond donors (Lipinski definition) is 1. The van der Waals surface area contributed by atoms with Crippen LogP contribution in [0.5, 0.6) is 0 Å². The molecule has 7 heteroatoms. The summed E-state index contributed by atoms with van der Waals surface area (Å²) in [6, 6.07) is 11.6. The number of carbonyl (C=O) groups is 1. The Kier molecular flexibility index (Phi) is 3.88. The smallest absolute Gasteiger partial charge is 0.362 e. The third-order valence-corrected chi connectivity index (χ3v) is 3.75. The standard InChI is InChI=1S/C17H15N5O2/c1-3-24-17(23)13-15(19)22-14(11-7-5-4-6-8-11)10(2)12(9-18)16(22)21-20-13/h4-8H,3,19H2,1-2H3. The predicted octanol–water partition coefficient (Wildman–Crippen LogP) is 2.34. The summed E-state index contributed by atoms with van der Waals surface area (Å²) in [6.45, 7) is 3.72. The molecule has 3 rings (SSSR count). The molecule has 24 heavy (non-hydrogen) atoms. The maximum absolute atomic E-state index is 12.0. The Morgan fingerprint density at radius 1 is 1.33 bits per heavy atom. The van der Waals surface area contributed by atoms with Gasteiger partial charge in [-0.25, -0.2) is 4.79 Å². The van der Waals surface area contributed by atoms with Gasteiger partial charge in [-0.05, 0) is 25.0 Å². The monoisotopic (exact) mass is 321 g/mol. The third kappa shape index (κ3) is 2.25. The highest BCUT2D eigenvalue weighted by atomic mass is 16.5. The first-order valence-corrected chi connectivity index (χ1v) is 7.40. The lowest BCUT2D eigenvalue weighted by Crippen LogP contribution is -2.15. The van der Waals surface area contributed by atoms with E-state index in [9.17, 15) is 10.1 Å². The Morgan fingerprint density at radius 2 is 2.04 bits per heavy atom. The number of benzene rings is 1. The number of nitrogen functional groups attached to an aromatic ring is 1. The highest BCUT2D eigenvalue weighted by Crippen LogP contribution is 2.32. The molecule has 0 aliphatic heterocycles. The number of anilines is 1. The molecule has 7 nitrogen and oxygen atoms in total. The molecule has 2 aromatic heterocycles. The number of ether oxygens (including phenoxy) is 1.